The average Bonchev–Trinajstić information content (AvgIpc) is 3.15. The van der Waals surface area contributed by atoms with Crippen LogP contribution in [0.1, 0.15) is 50.7 Å². The molecule has 0 unspecified atom stereocenters. The lowest BCUT2D eigenvalue weighted by Crippen LogP contribution is -2.41. The highest BCUT2D eigenvalue weighted by atomic mass is 35.5. The van der Waals surface area contributed by atoms with E-state index >= 15 is 0 Å². The van der Waals surface area contributed by atoms with Crippen LogP contribution in [0.15, 0.2) is 40.9 Å². The van der Waals surface area contributed by atoms with E-state index < -0.39 is 5.60 Å². The fraction of sp³-hybridized carbons (Fsp3) is 0.417. The Labute approximate surface area is 197 Å². The molecule has 6 nitrogen and oxygen atoms in total. The van der Waals surface area contributed by atoms with Crippen molar-refractivity contribution in [2.24, 2.45) is 0 Å². The summed E-state index contributed by atoms with van der Waals surface area (Å²) in [5.41, 5.74) is 2.00. The van der Waals surface area contributed by atoms with Crippen molar-refractivity contribution in [3.05, 3.63) is 57.9 Å². The Balaban J connectivity index is 1.44. The minimum absolute atomic E-state index is 0.251. The molecule has 0 spiro atoms. The number of hydrogen-bond donors (Lipinski definition) is 0. The van der Waals surface area contributed by atoms with Gasteiger partial charge in [-0.2, -0.15) is 0 Å². The number of furan rings is 1. The standard InChI is InChI=1S/C24H26Cl2N2O4/c1-24(2,3)32-23(29)28-11-8-15(9-12-28)17-5-4-10-27-22(17)30-14-16-6-7-19(25)18-13-20(26)31-21(16)18/h4-7,10,13,15H,8-9,11-12,14H2,1-3H3. The summed E-state index contributed by atoms with van der Waals surface area (Å²) in [5, 5.41) is 1.62. The number of pyridine rings is 1. The third kappa shape index (κ3) is 5.13. The summed E-state index contributed by atoms with van der Waals surface area (Å²) in [6, 6.07) is 9.33. The summed E-state index contributed by atoms with van der Waals surface area (Å²) in [6.45, 7) is 7.18. The molecular formula is C24H26Cl2N2O4. The number of rotatable bonds is 4. The van der Waals surface area contributed by atoms with Gasteiger partial charge in [-0.15, -0.1) is 0 Å². The quantitative estimate of drug-likeness (QED) is 0.412. The van der Waals surface area contributed by atoms with Crippen molar-refractivity contribution >= 4 is 40.3 Å². The van der Waals surface area contributed by atoms with Gasteiger partial charge in [-0.05, 0) is 63.3 Å². The summed E-state index contributed by atoms with van der Waals surface area (Å²) in [6.07, 6.45) is 3.10. The van der Waals surface area contributed by atoms with Crippen LogP contribution in [-0.2, 0) is 11.3 Å². The second-order valence-corrected chi connectivity index (χ2v) is 9.71. The number of carbonyl (C=O) groups is 1. The molecule has 0 N–H and O–H groups in total. The van der Waals surface area contributed by atoms with E-state index in [0.29, 0.717) is 29.6 Å². The first-order valence-corrected chi connectivity index (χ1v) is 11.4. The molecule has 1 amide bonds. The molecule has 0 saturated carbocycles. The van der Waals surface area contributed by atoms with Crippen LogP contribution in [0.25, 0.3) is 11.0 Å². The Bertz CT molecular complexity index is 1110. The third-order valence-electron chi connectivity index (χ3n) is 5.43. The van der Waals surface area contributed by atoms with Crippen LogP contribution >= 0.6 is 23.2 Å². The molecule has 3 heterocycles. The number of carbonyl (C=O) groups excluding carboxylic acids is 1. The van der Waals surface area contributed by atoms with Crippen LogP contribution in [0, 0.1) is 0 Å². The Kier molecular flexibility index (Phi) is 6.54. The first-order valence-electron chi connectivity index (χ1n) is 10.6. The minimum Gasteiger partial charge on any atom is -0.472 e. The summed E-state index contributed by atoms with van der Waals surface area (Å²) < 4.78 is 17.2. The molecule has 1 aliphatic heterocycles. The summed E-state index contributed by atoms with van der Waals surface area (Å²) in [5.74, 6) is 0.838. The van der Waals surface area contributed by atoms with Gasteiger partial charge in [0, 0.05) is 41.9 Å². The van der Waals surface area contributed by atoms with Crippen LogP contribution in [-0.4, -0.2) is 34.7 Å². The Morgan fingerprint density at radius 3 is 2.69 bits per heavy atom. The van der Waals surface area contributed by atoms with Crippen LogP contribution in [0.5, 0.6) is 5.88 Å². The molecule has 0 radical (unpaired) electrons. The van der Waals surface area contributed by atoms with Crippen LogP contribution in [0.4, 0.5) is 4.79 Å². The van der Waals surface area contributed by atoms with Gasteiger partial charge in [0.2, 0.25) is 5.88 Å². The lowest BCUT2D eigenvalue weighted by Gasteiger charge is -2.33. The fourth-order valence-electron chi connectivity index (χ4n) is 3.91. The number of piperidine rings is 1. The van der Waals surface area contributed by atoms with Crippen molar-refractivity contribution in [3.63, 3.8) is 0 Å². The predicted molar refractivity (Wildman–Crippen MR) is 125 cm³/mol. The van der Waals surface area contributed by atoms with Crippen molar-refractivity contribution in [2.75, 3.05) is 13.1 Å². The fourth-order valence-corrected chi connectivity index (χ4v) is 4.30. The monoisotopic (exact) mass is 476 g/mol. The lowest BCUT2D eigenvalue weighted by atomic mass is 9.90. The topological polar surface area (TPSA) is 64.8 Å². The molecule has 2 aromatic heterocycles. The van der Waals surface area contributed by atoms with Gasteiger partial charge in [-0.3, -0.25) is 0 Å². The predicted octanol–water partition coefficient (Wildman–Crippen LogP) is 6.83. The number of halogens is 2. The highest BCUT2D eigenvalue weighted by Gasteiger charge is 2.29. The zero-order chi connectivity index (χ0) is 22.9. The molecule has 1 aliphatic rings. The highest BCUT2D eigenvalue weighted by molar-refractivity contribution is 6.36. The number of fused-ring (bicyclic) bond motifs is 1. The maximum atomic E-state index is 12.4. The van der Waals surface area contributed by atoms with Gasteiger partial charge in [0.05, 0.1) is 5.02 Å². The Morgan fingerprint density at radius 1 is 1.22 bits per heavy atom. The summed E-state index contributed by atoms with van der Waals surface area (Å²) >= 11 is 12.3. The molecule has 1 saturated heterocycles. The number of ether oxygens (including phenoxy) is 2. The van der Waals surface area contributed by atoms with E-state index in [2.05, 4.69) is 4.98 Å². The van der Waals surface area contributed by atoms with Crippen molar-refractivity contribution in [1.29, 1.82) is 0 Å². The van der Waals surface area contributed by atoms with E-state index in [4.69, 9.17) is 37.1 Å². The van der Waals surface area contributed by atoms with Crippen molar-refractivity contribution < 1.29 is 18.7 Å². The third-order valence-corrected chi connectivity index (χ3v) is 5.95. The molecule has 0 bridgehead atoms. The van der Waals surface area contributed by atoms with Crippen LogP contribution < -0.4 is 4.74 Å². The van der Waals surface area contributed by atoms with Gasteiger partial charge in [-0.25, -0.2) is 9.78 Å². The minimum atomic E-state index is -0.496. The lowest BCUT2D eigenvalue weighted by molar-refractivity contribution is 0.0204. The van der Waals surface area contributed by atoms with Gasteiger partial charge >= 0.3 is 6.09 Å². The van der Waals surface area contributed by atoms with Gasteiger partial charge in [0.25, 0.3) is 0 Å². The van der Waals surface area contributed by atoms with Crippen molar-refractivity contribution in [2.45, 2.75) is 51.7 Å². The highest BCUT2D eigenvalue weighted by Crippen LogP contribution is 2.35. The molecule has 3 aromatic rings. The normalized spacial score (nSPS) is 15.2. The van der Waals surface area contributed by atoms with E-state index in [-0.39, 0.29) is 23.8 Å². The number of amides is 1. The molecule has 1 aromatic carbocycles. The SMILES string of the molecule is CC(C)(C)OC(=O)N1CCC(c2cccnc2OCc2ccc(Cl)c3cc(Cl)oc23)CC1. The largest absolute Gasteiger partial charge is 0.472 e. The molecule has 4 rings (SSSR count). The number of nitrogens with zero attached hydrogens (tertiary/aromatic N) is 2. The van der Waals surface area contributed by atoms with Gasteiger partial charge < -0.3 is 18.8 Å². The first-order chi connectivity index (χ1) is 15.2. The van der Waals surface area contributed by atoms with Crippen molar-refractivity contribution in [1.82, 2.24) is 9.88 Å². The number of likely N-dealkylation sites (tertiary alicyclic amines) is 1. The average molecular weight is 477 g/mol. The van der Waals surface area contributed by atoms with Crippen molar-refractivity contribution in [3.8, 4) is 5.88 Å². The van der Waals surface area contributed by atoms with Crippen LogP contribution in [0.2, 0.25) is 10.2 Å². The van der Waals surface area contributed by atoms with E-state index in [1.165, 1.54) is 0 Å². The van der Waals surface area contributed by atoms with Gasteiger partial charge in [0.1, 0.15) is 17.8 Å². The maximum absolute atomic E-state index is 12.4. The second kappa shape index (κ2) is 9.20. The molecule has 32 heavy (non-hydrogen) atoms. The van der Waals surface area contributed by atoms with E-state index in [1.54, 1.807) is 23.2 Å². The summed E-state index contributed by atoms with van der Waals surface area (Å²) in [7, 11) is 0. The zero-order valence-electron chi connectivity index (χ0n) is 18.4. The zero-order valence-corrected chi connectivity index (χ0v) is 19.9. The molecule has 170 valence electrons. The number of hydrogen-bond acceptors (Lipinski definition) is 5. The van der Waals surface area contributed by atoms with E-state index in [0.717, 1.165) is 29.4 Å². The molecule has 1 fully saturated rings. The van der Waals surface area contributed by atoms with Gasteiger partial charge in [-0.1, -0.05) is 23.7 Å². The van der Waals surface area contributed by atoms with Crippen LogP contribution in [0.3, 0.4) is 0 Å². The molecule has 8 heteroatoms. The molecule has 0 aliphatic carbocycles. The first kappa shape index (κ1) is 22.7. The summed E-state index contributed by atoms with van der Waals surface area (Å²) in [4.78, 5) is 18.6. The number of aromatic nitrogens is 1. The van der Waals surface area contributed by atoms with E-state index in [9.17, 15) is 4.79 Å². The van der Waals surface area contributed by atoms with Gasteiger partial charge in [0.15, 0.2) is 5.22 Å². The Hall–Kier alpha value is -2.44. The molecular weight excluding hydrogens is 451 g/mol. The van der Waals surface area contributed by atoms with E-state index in [1.807, 2.05) is 39.0 Å². The molecule has 0 atom stereocenters. The maximum Gasteiger partial charge on any atom is 0.410 e. The Morgan fingerprint density at radius 2 is 1.97 bits per heavy atom. The number of benzene rings is 1. The second-order valence-electron chi connectivity index (χ2n) is 8.93. The smallest absolute Gasteiger partial charge is 0.410 e.